The number of aromatic nitrogens is 2. The number of piperidine rings is 2. The van der Waals surface area contributed by atoms with Crippen molar-refractivity contribution in [2.24, 2.45) is 0 Å². The molecule has 2 fully saturated rings. The van der Waals surface area contributed by atoms with Crippen molar-refractivity contribution in [3.05, 3.63) is 47.6 Å². The fraction of sp³-hybridized carbons (Fsp3) is 0.550. The van der Waals surface area contributed by atoms with Crippen molar-refractivity contribution in [1.82, 2.24) is 19.9 Å². The van der Waals surface area contributed by atoms with E-state index >= 15 is 0 Å². The highest BCUT2D eigenvalue weighted by molar-refractivity contribution is 5.91. The highest BCUT2D eigenvalue weighted by Gasteiger charge is 2.28. The molecule has 2 aromatic heterocycles. The summed E-state index contributed by atoms with van der Waals surface area (Å²) in [6.07, 6.45) is 6.77. The summed E-state index contributed by atoms with van der Waals surface area (Å²) >= 11 is 0. The van der Waals surface area contributed by atoms with Gasteiger partial charge in [0.05, 0.1) is 11.8 Å². The van der Waals surface area contributed by atoms with E-state index in [1.54, 1.807) is 4.90 Å². The summed E-state index contributed by atoms with van der Waals surface area (Å²) in [5.74, 6) is 0.479. The molecule has 1 unspecified atom stereocenters. The minimum absolute atomic E-state index is 0.120. The van der Waals surface area contributed by atoms with Gasteiger partial charge in [-0.15, -0.1) is 0 Å². The Balaban J connectivity index is 1.38. The van der Waals surface area contributed by atoms with Crippen LogP contribution in [0, 0.1) is 0 Å². The van der Waals surface area contributed by atoms with Gasteiger partial charge >= 0.3 is 0 Å². The van der Waals surface area contributed by atoms with Crippen molar-refractivity contribution < 1.29 is 14.4 Å². The van der Waals surface area contributed by atoms with E-state index in [1.807, 2.05) is 30.6 Å². The molecule has 0 radical (unpaired) electrons. The van der Waals surface area contributed by atoms with Gasteiger partial charge in [-0.1, -0.05) is 5.16 Å². The van der Waals surface area contributed by atoms with Gasteiger partial charge in [-0.3, -0.25) is 14.7 Å². The quantitative estimate of drug-likeness (QED) is 0.887. The van der Waals surface area contributed by atoms with E-state index in [-0.39, 0.29) is 17.9 Å². The van der Waals surface area contributed by atoms with Crippen LogP contribution in [0.4, 0.5) is 0 Å². The zero-order valence-electron chi connectivity index (χ0n) is 15.5. The maximum Gasteiger partial charge on any atom is 0.292 e. The summed E-state index contributed by atoms with van der Waals surface area (Å²) in [6, 6.07) is 5.91. The van der Waals surface area contributed by atoms with Crippen LogP contribution in [0.25, 0.3) is 0 Å². The Labute approximate surface area is 159 Å². The van der Waals surface area contributed by atoms with Crippen molar-refractivity contribution in [3.63, 3.8) is 0 Å². The number of amides is 1. The van der Waals surface area contributed by atoms with E-state index < -0.39 is 0 Å². The SMILES string of the molecule is O=C(c1cc(C2CCCN(Cc3ccncc3)C2)no1)N1CCC(O)CC1. The zero-order chi connectivity index (χ0) is 18.6. The summed E-state index contributed by atoms with van der Waals surface area (Å²) in [5, 5.41) is 13.8. The van der Waals surface area contributed by atoms with Gasteiger partial charge in [0.15, 0.2) is 0 Å². The Bertz CT molecular complexity index is 756. The Morgan fingerprint density at radius 3 is 2.74 bits per heavy atom. The van der Waals surface area contributed by atoms with Crippen molar-refractivity contribution >= 4 is 5.91 Å². The summed E-state index contributed by atoms with van der Waals surface area (Å²) in [5.41, 5.74) is 2.13. The molecule has 0 saturated carbocycles. The number of nitrogens with zero attached hydrogens (tertiary/aromatic N) is 4. The van der Waals surface area contributed by atoms with Gasteiger partial charge in [0.25, 0.3) is 5.91 Å². The zero-order valence-corrected chi connectivity index (χ0v) is 15.5. The number of carbonyl (C=O) groups excluding carboxylic acids is 1. The third kappa shape index (κ3) is 4.36. The first-order valence-electron chi connectivity index (χ1n) is 9.74. The lowest BCUT2D eigenvalue weighted by Gasteiger charge is -2.31. The largest absolute Gasteiger partial charge is 0.393 e. The molecule has 2 saturated heterocycles. The molecule has 0 spiro atoms. The summed E-state index contributed by atoms with van der Waals surface area (Å²) in [4.78, 5) is 20.8. The van der Waals surface area contributed by atoms with E-state index in [2.05, 4.69) is 15.0 Å². The Morgan fingerprint density at radius 1 is 1.19 bits per heavy atom. The number of aliphatic hydroxyl groups excluding tert-OH is 1. The van der Waals surface area contributed by atoms with Gasteiger partial charge < -0.3 is 14.5 Å². The molecule has 0 bridgehead atoms. The molecule has 27 heavy (non-hydrogen) atoms. The first-order valence-corrected chi connectivity index (χ1v) is 9.74. The van der Waals surface area contributed by atoms with Crippen LogP contribution in [0.3, 0.4) is 0 Å². The molecule has 1 amide bonds. The fourth-order valence-corrected chi connectivity index (χ4v) is 3.99. The number of hydrogen-bond acceptors (Lipinski definition) is 6. The van der Waals surface area contributed by atoms with Crippen LogP contribution >= 0.6 is 0 Å². The van der Waals surface area contributed by atoms with Crippen LogP contribution in [0.15, 0.2) is 35.1 Å². The van der Waals surface area contributed by atoms with E-state index in [0.29, 0.717) is 31.7 Å². The van der Waals surface area contributed by atoms with Crippen LogP contribution in [-0.2, 0) is 6.54 Å². The summed E-state index contributed by atoms with van der Waals surface area (Å²) in [7, 11) is 0. The molecule has 7 heteroatoms. The standard InChI is InChI=1S/C20H26N4O3/c25-17-5-10-24(11-6-17)20(26)19-12-18(22-27-19)16-2-1-9-23(14-16)13-15-3-7-21-8-4-15/h3-4,7-8,12,16-17,25H,1-2,5-6,9-11,13-14H2. The maximum atomic E-state index is 12.6. The molecule has 4 rings (SSSR count). The number of rotatable bonds is 4. The molecule has 1 atom stereocenters. The van der Waals surface area contributed by atoms with Gasteiger partial charge in [0.2, 0.25) is 5.76 Å². The van der Waals surface area contributed by atoms with E-state index in [1.165, 1.54) is 5.56 Å². The van der Waals surface area contributed by atoms with Crippen LogP contribution in [-0.4, -0.2) is 63.2 Å². The Kier molecular flexibility index (Phi) is 5.50. The molecule has 0 aliphatic carbocycles. The highest BCUT2D eigenvalue weighted by Crippen LogP contribution is 2.28. The van der Waals surface area contributed by atoms with Crippen molar-refractivity contribution in [3.8, 4) is 0 Å². The second-order valence-electron chi connectivity index (χ2n) is 7.57. The molecule has 2 aromatic rings. The topological polar surface area (TPSA) is 82.7 Å². The lowest BCUT2D eigenvalue weighted by Crippen LogP contribution is -2.39. The van der Waals surface area contributed by atoms with E-state index in [0.717, 1.165) is 38.2 Å². The van der Waals surface area contributed by atoms with E-state index in [4.69, 9.17) is 4.52 Å². The van der Waals surface area contributed by atoms with Crippen molar-refractivity contribution in [2.75, 3.05) is 26.2 Å². The Morgan fingerprint density at radius 2 is 1.96 bits per heavy atom. The normalized spacial score (nSPS) is 22.1. The highest BCUT2D eigenvalue weighted by atomic mass is 16.5. The van der Waals surface area contributed by atoms with Gasteiger partial charge in [-0.2, -0.15) is 0 Å². The van der Waals surface area contributed by atoms with Crippen LogP contribution in [0.1, 0.15) is 53.4 Å². The van der Waals surface area contributed by atoms with E-state index in [9.17, 15) is 9.90 Å². The number of hydrogen-bond donors (Lipinski definition) is 1. The minimum Gasteiger partial charge on any atom is -0.393 e. The lowest BCUT2D eigenvalue weighted by molar-refractivity contribution is 0.0512. The average Bonchev–Trinajstić information content (AvgIpc) is 3.19. The van der Waals surface area contributed by atoms with Crippen LogP contribution in [0.2, 0.25) is 0 Å². The number of pyridine rings is 1. The molecule has 4 heterocycles. The second-order valence-corrected chi connectivity index (χ2v) is 7.57. The predicted molar refractivity (Wildman–Crippen MR) is 99.1 cm³/mol. The summed E-state index contributed by atoms with van der Waals surface area (Å²) in [6.45, 7) is 4.02. The monoisotopic (exact) mass is 370 g/mol. The molecule has 2 aliphatic rings. The van der Waals surface area contributed by atoms with Crippen LogP contribution in [0.5, 0.6) is 0 Å². The number of likely N-dealkylation sites (tertiary alicyclic amines) is 2. The van der Waals surface area contributed by atoms with Crippen molar-refractivity contribution in [1.29, 1.82) is 0 Å². The first kappa shape index (κ1) is 18.1. The predicted octanol–water partition coefficient (Wildman–Crippen LogP) is 2.05. The molecule has 144 valence electrons. The van der Waals surface area contributed by atoms with Gasteiger partial charge in [0, 0.05) is 50.6 Å². The Hall–Kier alpha value is -2.25. The first-order chi connectivity index (χ1) is 13.2. The second kappa shape index (κ2) is 8.19. The molecular weight excluding hydrogens is 344 g/mol. The fourth-order valence-electron chi connectivity index (χ4n) is 3.99. The molecule has 1 N–H and O–H groups in total. The average molecular weight is 370 g/mol. The van der Waals surface area contributed by atoms with Crippen LogP contribution < -0.4 is 0 Å². The third-order valence-electron chi connectivity index (χ3n) is 5.57. The van der Waals surface area contributed by atoms with Gasteiger partial charge in [-0.25, -0.2) is 0 Å². The van der Waals surface area contributed by atoms with Gasteiger partial charge in [-0.05, 0) is 49.9 Å². The molecule has 7 nitrogen and oxygen atoms in total. The molecule has 2 aliphatic heterocycles. The lowest BCUT2D eigenvalue weighted by atomic mass is 9.94. The number of aliphatic hydroxyl groups is 1. The van der Waals surface area contributed by atoms with Crippen molar-refractivity contribution in [2.45, 2.75) is 44.2 Å². The summed E-state index contributed by atoms with van der Waals surface area (Å²) < 4.78 is 5.38. The number of carbonyl (C=O) groups is 1. The minimum atomic E-state index is -0.298. The van der Waals surface area contributed by atoms with Gasteiger partial charge in [0.1, 0.15) is 0 Å². The molecular formula is C20H26N4O3. The molecule has 0 aromatic carbocycles. The smallest absolute Gasteiger partial charge is 0.292 e. The third-order valence-corrected chi connectivity index (χ3v) is 5.57. The maximum absolute atomic E-state index is 12.6.